The molecule has 196 valence electrons. The number of rotatable bonds is 6. The lowest BCUT2D eigenvalue weighted by molar-refractivity contribution is -0.137. The molecule has 1 aromatic heterocycles. The summed E-state index contributed by atoms with van der Waals surface area (Å²) < 4.78 is 38.6. The van der Waals surface area contributed by atoms with E-state index in [0.717, 1.165) is 44.0 Å². The molecule has 1 atom stereocenters. The number of nitrogens with one attached hydrogen (secondary N) is 2. The molecule has 0 bridgehead atoms. The van der Waals surface area contributed by atoms with Gasteiger partial charge in [0.25, 0.3) is 5.91 Å². The molecule has 1 aliphatic heterocycles. The third-order valence-corrected chi connectivity index (χ3v) is 7.16. The van der Waals surface area contributed by atoms with Crippen LogP contribution in [-0.4, -0.2) is 58.5 Å². The molecule has 0 spiro atoms. The molecule has 4 rings (SSSR count). The van der Waals surface area contributed by atoms with Gasteiger partial charge in [-0.25, -0.2) is 4.98 Å². The number of likely N-dealkylation sites (tertiary alicyclic amines) is 1. The Labute approximate surface area is 212 Å². The molecule has 2 heterocycles. The number of hydrogen-bond acceptors (Lipinski definition) is 6. The number of benzene rings is 1. The molecule has 1 saturated heterocycles. The molecule has 2 amide bonds. The minimum Gasteiger partial charge on any atom is -0.385 e. The minimum atomic E-state index is -4.56. The summed E-state index contributed by atoms with van der Waals surface area (Å²) in [7, 11) is 0. The summed E-state index contributed by atoms with van der Waals surface area (Å²) >= 11 is 0. The first-order valence-electron chi connectivity index (χ1n) is 12.2. The van der Waals surface area contributed by atoms with Gasteiger partial charge in [0.1, 0.15) is 11.8 Å². The van der Waals surface area contributed by atoms with Crippen molar-refractivity contribution in [1.82, 2.24) is 20.5 Å². The molecule has 1 saturated carbocycles. The van der Waals surface area contributed by atoms with Gasteiger partial charge in [-0.3, -0.25) is 14.5 Å². The van der Waals surface area contributed by atoms with Crippen molar-refractivity contribution in [2.75, 3.05) is 19.6 Å². The molecule has 37 heavy (non-hydrogen) atoms. The molecule has 2 fully saturated rings. The first kappa shape index (κ1) is 26.6. The van der Waals surface area contributed by atoms with E-state index in [0.29, 0.717) is 30.6 Å². The van der Waals surface area contributed by atoms with E-state index in [9.17, 15) is 27.9 Å². The first-order valence-corrected chi connectivity index (χ1v) is 12.2. The predicted octanol–water partition coefficient (Wildman–Crippen LogP) is 2.72. The zero-order valence-electron chi connectivity index (χ0n) is 20.1. The maximum Gasteiger partial charge on any atom is 0.416 e. The van der Waals surface area contributed by atoms with Crippen LogP contribution >= 0.6 is 0 Å². The van der Waals surface area contributed by atoms with Crippen LogP contribution < -0.4 is 10.6 Å². The van der Waals surface area contributed by atoms with Crippen molar-refractivity contribution in [3.05, 3.63) is 65.0 Å². The van der Waals surface area contributed by atoms with E-state index in [4.69, 9.17) is 5.26 Å². The second-order valence-corrected chi connectivity index (χ2v) is 9.62. The summed E-state index contributed by atoms with van der Waals surface area (Å²) in [4.78, 5) is 30.9. The largest absolute Gasteiger partial charge is 0.416 e. The monoisotopic (exact) mass is 515 g/mol. The maximum absolute atomic E-state index is 12.9. The molecule has 3 N–H and O–H groups in total. The van der Waals surface area contributed by atoms with Crippen LogP contribution in [0.15, 0.2) is 42.6 Å². The quantitative estimate of drug-likeness (QED) is 0.545. The number of aliphatic hydroxyl groups is 1. The maximum atomic E-state index is 12.9. The zero-order valence-corrected chi connectivity index (χ0v) is 20.1. The number of halogens is 3. The van der Waals surface area contributed by atoms with Crippen LogP contribution in [0.5, 0.6) is 0 Å². The molecular formula is C26H28F3N5O3. The number of hydrogen-bond donors (Lipinski definition) is 3. The smallest absolute Gasteiger partial charge is 0.385 e. The number of nitriles is 1. The van der Waals surface area contributed by atoms with Gasteiger partial charge in [-0.1, -0.05) is 12.1 Å². The number of aromatic nitrogens is 1. The van der Waals surface area contributed by atoms with E-state index in [1.165, 1.54) is 6.07 Å². The Morgan fingerprint density at radius 1 is 1.19 bits per heavy atom. The number of carbonyl (C=O) groups is 2. The van der Waals surface area contributed by atoms with Crippen molar-refractivity contribution in [3.63, 3.8) is 0 Å². The third-order valence-electron chi connectivity index (χ3n) is 7.16. The van der Waals surface area contributed by atoms with Crippen molar-refractivity contribution in [2.45, 2.75) is 56.0 Å². The fraction of sp³-hybridized carbons (Fsp3) is 0.462. The highest BCUT2D eigenvalue weighted by molar-refractivity contribution is 5.96. The number of alkyl halides is 3. The van der Waals surface area contributed by atoms with Crippen LogP contribution in [0.4, 0.5) is 13.2 Å². The zero-order chi connectivity index (χ0) is 26.6. The Kier molecular flexibility index (Phi) is 7.80. The number of carbonyl (C=O) groups excluding carboxylic acids is 2. The minimum absolute atomic E-state index is 0.0958. The third kappa shape index (κ3) is 6.45. The predicted molar refractivity (Wildman–Crippen MR) is 127 cm³/mol. The van der Waals surface area contributed by atoms with E-state index >= 15 is 0 Å². The Morgan fingerprint density at radius 3 is 2.59 bits per heavy atom. The molecule has 1 aliphatic carbocycles. The number of pyridine rings is 1. The summed E-state index contributed by atoms with van der Waals surface area (Å²) in [5.74, 6) is -1.15. The Morgan fingerprint density at radius 2 is 1.95 bits per heavy atom. The van der Waals surface area contributed by atoms with Gasteiger partial charge >= 0.3 is 6.18 Å². The van der Waals surface area contributed by atoms with Crippen LogP contribution in [0.3, 0.4) is 0 Å². The van der Waals surface area contributed by atoms with Gasteiger partial charge in [0, 0.05) is 42.5 Å². The number of nitrogens with zero attached hydrogens (tertiary/aromatic N) is 3. The Bertz CT molecular complexity index is 1170. The van der Waals surface area contributed by atoms with E-state index < -0.39 is 29.2 Å². The standard InChI is InChI=1S/C26H28F3N5O3/c27-26(28,29)18-3-1-2-17(12-18)24(36)32-15-23(35)33-21-8-11-34(16-21)22-6-9-25(37,10-7-22)19-4-5-20(13-30)31-14-19/h1-5,12,14,21-22,37H,6-11,15-16H2,(H,32,36)(H,33,35)/t21-,22?,25?/m1/s1. The van der Waals surface area contributed by atoms with Gasteiger partial charge in [0.05, 0.1) is 17.7 Å². The van der Waals surface area contributed by atoms with Crippen molar-refractivity contribution in [3.8, 4) is 6.07 Å². The van der Waals surface area contributed by atoms with Crippen LogP contribution in [0.2, 0.25) is 0 Å². The van der Waals surface area contributed by atoms with Crippen LogP contribution in [0, 0.1) is 11.3 Å². The lowest BCUT2D eigenvalue weighted by atomic mass is 9.78. The fourth-order valence-electron chi connectivity index (χ4n) is 5.08. The topological polar surface area (TPSA) is 118 Å². The second-order valence-electron chi connectivity index (χ2n) is 9.62. The second kappa shape index (κ2) is 10.9. The van der Waals surface area contributed by atoms with Crippen molar-refractivity contribution >= 4 is 11.8 Å². The van der Waals surface area contributed by atoms with Crippen LogP contribution in [0.1, 0.15) is 59.3 Å². The van der Waals surface area contributed by atoms with Gasteiger partial charge in [-0.2, -0.15) is 18.4 Å². The first-order chi connectivity index (χ1) is 17.6. The highest BCUT2D eigenvalue weighted by Gasteiger charge is 2.39. The molecule has 11 heteroatoms. The van der Waals surface area contributed by atoms with Gasteiger partial charge in [0.2, 0.25) is 5.91 Å². The average Bonchev–Trinajstić information content (AvgIpc) is 3.35. The summed E-state index contributed by atoms with van der Waals surface area (Å²) in [5.41, 5.74) is -1.04. The molecule has 0 radical (unpaired) electrons. The van der Waals surface area contributed by atoms with Crippen LogP contribution in [-0.2, 0) is 16.6 Å². The van der Waals surface area contributed by atoms with E-state index in [1.807, 2.05) is 6.07 Å². The van der Waals surface area contributed by atoms with Gasteiger partial charge in [-0.05, 0) is 56.4 Å². The Balaban J connectivity index is 1.21. The van der Waals surface area contributed by atoms with Crippen molar-refractivity contribution in [2.24, 2.45) is 0 Å². The summed E-state index contributed by atoms with van der Waals surface area (Å²) in [6.45, 7) is 1.11. The average molecular weight is 516 g/mol. The normalized spacial score (nSPS) is 24.3. The number of amides is 2. The van der Waals surface area contributed by atoms with Crippen molar-refractivity contribution < 1.29 is 27.9 Å². The summed E-state index contributed by atoms with van der Waals surface area (Å²) in [6.07, 6.45) is 0.453. The highest BCUT2D eigenvalue weighted by atomic mass is 19.4. The lowest BCUT2D eigenvalue weighted by Crippen LogP contribution is -2.45. The Hall–Kier alpha value is -3.49. The van der Waals surface area contributed by atoms with Gasteiger partial charge < -0.3 is 15.7 Å². The van der Waals surface area contributed by atoms with Crippen LogP contribution in [0.25, 0.3) is 0 Å². The molecule has 8 nitrogen and oxygen atoms in total. The van der Waals surface area contributed by atoms with Gasteiger partial charge in [-0.15, -0.1) is 0 Å². The molecule has 2 aliphatic rings. The van der Waals surface area contributed by atoms with E-state index in [2.05, 4.69) is 20.5 Å². The molecule has 0 unspecified atom stereocenters. The van der Waals surface area contributed by atoms with E-state index in [1.54, 1.807) is 18.3 Å². The molecule has 2 aromatic rings. The summed E-state index contributed by atoms with van der Waals surface area (Å²) in [5, 5.41) is 25.3. The lowest BCUT2D eigenvalue weighted by Gasteiger charge is -2.39. The molecular weight excluding hydrogens is 487 g/mol. The van der Waals surface area contributed by atoms with Crippen molar-refractivity contribution in [1.29, 1.82) is 5.26 Å². The molecule has 1 aromatic carbocycles. The highest BCUT2D eigenvalue weighted by Crippen LogP contribution is 2.39. The SMILES string of the molecule is N#Cc1ccc(C2(O)CCC(N3CC[C@@H](NC(=O)CNC(=O)c4cccc(C(F)(F)F)c4)C3)CC2)cn1. The van der Waals surface area contributed by atoms with Gasteiger partial charge in [0.15, 0.2) is 0 Å². The summed E-state index contributed by atoms with van der Waals surface area (Å²) in [6, 6.07) is 9.56. The fourth-order valence-corrected chi connectivity index (χ4v) is 5.08. The van der Waals surface area contributed by atoms with E-state index in [-0.39, 0.29) is 24.2 Å².